The molecule has 0 aromatic rings. The van der Waals surface area contributed by atoms with Crippen LogP contribution in [0.4, 0.5) is 0 Å². The van der Waals surface area contributed by atoms with E-state index in [4.69, 9.17) is 4.74 Å². The maximum Gasteiger partial charge on any atom is 0.0567 e. The summed E-state index contributed by atoms with van der Waals surface area (Å²) in [6, 6.07) is 0. The van der Waals surface area contributed by atoms with E-state index in [0.717, 1.165) is 19.1 Å². The van der Waals surface area contributed by atoms with Crippen LogP contribution in [0.2, 0.25) is 0 Å². The summed E-state index contributed by atoms with van der Waals surface area (Å²) >= 11 is 0. The number of ether oxygens (including phenoxy) is 1. The topological polar surface area (TPSA) is 29.5 Å². The Kier molecular flexibility index (Phi) is 2.37. The smallest absolute Gasteiger partial charge is 0.0567 e. The van der Waals surface area contributed by atoms with Crippen molar-refractivity contribution in [2.24, 2.45) is 11.3 Å². The van der Waals surface area contributed by atoms with E-state index in [9.17, 15) is 5.11 Å². The summed E-state index contributed by atoms with van der Waals surface area (Å²) in [6.45, 7) is 1.91. The van der Waals surface area contributed by atoms with Crippen molar-refractivity contribution < 1.29 is 9.84 Å². The van der Waals surface area contributed by atoms with Gasteiger partial charge in [-0.05, 0) is 12.3 Å². The molecule has 0 amide bonds. The molecular weight excluding hydrogens is 152 g/mol. The molecule has 1 saturated carbocycles. The average Bonchev–Trinajstić information content (AvgIpc) is 2.49. The van der Waals surface area contributed by atoms with Crippen LogP contribution in [0.25, 0.3) is 0 Å². The predicted molar refractivity (Wildman–Crippen MR) is 46.9 cm³/mol. The lowest BCUT2D eigenvalue weighted by molar-refractivity contribution is -0.147. The molecule has 1 aliphatic carbocycles. The summed E-state index contributed by atoms with van der Waals surface area (Å²) in [5, 5.41) is 9.22. The van der Waals surface area contributed by atoms with Crippen molar-refractivity contribution in [3.8, 4) is 0 Å². The molecule has 0 unspecified atom stereocenters. The van der Waals surface area contributed by atoms with E-state index in [1.165, 1.54) is 32.1 Å². The summed E-state index contributed by atoms with van der Waals surface area (Å²) in [4.78, 5) is 0. The van der Waals surface area contributed by atoms with E-state index in [-0.39, 0.29) is 5.41 Å². The van der Waals surface area contributed by atoms with E-state index >= 15 is 0 Å². The molecule has 1 heterocycles. The first-order valence-electron chi connectivity index (χ1n) is 5.03. The van der Waals surface area contributed by atoms with Crippen molar-refractivity contribution in [3.05, 3.63) is 0 Å². The largest absolute Gasteiger partial charge is 0.396 e. The fourth-order valence-corrected chi connectivity index (χ4v) is 2.49. The molecule has 2 nitrogen and oxygen atoms in total. The van der Waals surface area contributed by atoms with Gasteiger partial charge in [-0.25, -0.2) is 0 Å². The Balaban J connectivity index is 1.83. The van der Waals surface area contributed by atoms with Crippen LogP contribution in [0.3, 0.4) is 0 Å². The molecular formula is C10H18O2. The maximum atomic E-state index is 9.22. The second-order valence-electron chi connectivity index (χ2n) is 4.51. The van der Waals surface area contributed by atoms with E-state index in [0.29, 0.717) is 6.61 Å². The molecule has 2 fully saturated rings. The van der Waals surface area contributed by atoms with Crippen LogP contribution in [0.1, 0.15) is 32.1 Å². The first kappa shape index (κ1) is 8.52. The van der Waals surface area contributed by atoms with Gasteiger partial charge < -0.3 is 9.84 Å². The van der Waals surface area contributed by atoms with Gasteiger partial charge in [0.15, 0.2) is 0 Å². The Hall–Kier alpha value is -0.0800. The van der Waals surface area contributed by atoms with Gasteiger partial charge in [0.25, 0.3) is 0 Å². The van der Waals surface area contributed by atoms with Crippen LogP contribution in [0, 0.1) is 11.3 Å². The normalized spacial score (nSPS) is 28.8. The summed E-state index contributed by atoms with van der Waals surface area (Å²) in [5.41, 5.74) is 0.162. The zero-order valence-electron chi connectivity index (χ0n) is 7.59. The van der Waals surface area contributed by atoms with Gasteiger partial charge in [-0.2, -0.15) is 0 Å². The van der Waals surface area contributed by atoms with E-state index < -0.39 is 0 Å². The van der Waals surface area contributed by atoms with Gasteiger partial charge in [0.05, 0.1) is 19.8 Å². The van der Waals surface area contributed by atoms with Crippen molar-refractivity contribution in [3.63, 3.8) is 0 Å². The lowest BCUT2D eigenvalue weighted by atomic mass is 9.78. The van der Waals surface area contributed by atoms with Crippen LogP contribution in [-0.4, -0.2) is 24.9 Å². The highest BCUT2D eigenvalue weighted by Crippen LogP contribution is 2.39. The summed E-state index contributed by atoms with van der Waals surface area (Å²) in [7, 11) is 0. The molecule has 12 heavy (non-hydrogen) atoms. The lowest BCUT2D eigenvalue weighted by Gasteiger charge is -2.41. The molecule has 2 rings (SSSR count). The quantitative estimate of drug-likeness (QED) is 0.696. The fourth-order valence-electron chi connectivity index (χ4n) is 2.49. The summed E-state index contributed by atoms with van der Waals surface area (Å²) < 4.78 is 5.18. The van der Waals surface area contributed by atoms with Gasteiger partial charge in [-0.1, -0.05) is 25.7 Å². The molecule has 70 valence electrons. The number of hydrogen-bond donors (Lipinski definition) is 1. The van der Waals surface area contributed by atoms with Crippen LogP contribution in [-0.2, 0) is 4.74 Å². The molecule has 0 aromatic heterocycles. The maximum absolute atomic E-state index is 9.22. The third-order valence-electron chi connectivity index (χ3n) is 3.35. The van der Waals surface area contributed by atoms with Gasteiger partial charge in [0.2, 0.25) is 0 Å². The molecule has 0 aromatic carbocycles. The third kappa shape index (κ3) is 1.50. The van der Waals surface area contributed by atoms with E-state index in [1.807, 2.05) is 0 Å². The van der Waals surface area contributed by atoms with E-state index in [1.54, 1.807) is 0 Å². The molecule has 0 radical (unpaired) electrons. The Morgan fingerprint density at radius 3 is 2.33 bits per heavy atom. The molecule has 0 atom stereocenters. The number of hydrogen-bond acceptors (Lipinski definition) is 2. The van der Waals surface area contributed by atoms with Gasteiger partial charge in [0.1, 0.15) is 0 Å². The molecule has 1 saturated heterocycles. The number of rotatable bonds is 3. The molecule has 2 heteroatoms. The highest BCUT2D eigenvalue weighted by Gasteiger charge is 2.40. The third-order valence-corrected chi connectivity index (χ3v) is 3.35. The molecule has 1 N–H and O–H groups in total. The Labute approximate surface area is 73.9 Å². The number of aliphatic hydroxyl groups is 1. The zero-order valence-corrected chi connectivity index (χ0v) is 7.59. The second-order valence-corrected chi connectivity index (χ2v) is 4.51. The highest BCUT2D eigenvalue weighted by atomic mass is 16.5. The van der Waals surface area contributed by atoms with Gasteiger partial charge >= 0.3 is 0 Å². The van der Waals surface area contributed by atoms with Gasteiger partial charge in [-0.15, -0.1) is 0 Å². The van der Waals surface area contributed by atoms with Crippen LogP contribution < -0.4 is 0 Å². The van der Waals surface area contributed by atoms with Crippen LogP contribution in [0.5, 0.6) is 0 Å². The monoisotopic (exact) mass is 170 g/mol. The van der Waals surface area contributed by atoms with Crippen LogP contribution in [0.15, 0.2) is 0 Å². The number of aliphatic hydroxyl groups excluding tert-OH is 1. The minimum atomic E-state index is 0.162. The second kappa shape index (κ2) is 3.35. The molecule has 2 aliphatic rings. The van der Waals surface area contributed by atoms with Gasteiger partial charge in [0, 0.05) is 5.41 Å². The zero-order chi connectivity index (χ0) is 8.44. The highest BCUT2D eigenvalue weighted by molar-refractivity contribution is 4.88. The Bertz CT molecular complexity index is 140. The lowest BCUT2D eigenvalue weighted by Crippen LogP contribution is -2.46. The Morgan fingerprint density at radius 2 is 1.92 bits per heavy atom. The standard InChI is InChI=1S/C10H18O2/c11-6-10(7-12-8-10)5-9-3-1-2-4-9/h9,11H,1-8H2. The van der Waals surface area contributed by atoms with E-state index in [2.05, 4.69) is 0 Å². The molecule has 1 aliphatic heterocycles. The van der Waals surface area contributed by atoms with Crippen molar-refractivity contribution in [2.45, 2.75) is 32.1 Å². The molecule has 0 bridgehead atoms. The van der Waals surface area contributed by atoms with Gasteiger partial charge in [-0.3, -0.25) is 0 Å². The first-order chi connectivity index (χ1) is 5.85. The van der Waals surface area contributed by atoms with Crippen molar-refractivity contribution in [2.75, 3.05) is 19.8 Å². The summed E-state index contributed by atoms with van der Waals surface area (Å²) in [6.07, 6.45) is 6.74. The first-order valence-corrected chi connectivity index (χ1v) is 5.03. The average molecular weight is 170 g/mol. The Morgan fingerprint density at radius 1 is 1.25 bits per heavy atom. The summed E-state index contributed by atoms with van der Waals surface area (Å²) in [5.74, 6) is 0.876. The minimum Gasteiger partial charge on any atom is -0.396 e. The fraction of sp³-hybridized carbons (Fsp3) is 1.00. The SMILES string of the molecule is OCC1(CC2CCCC2)COC1. The minimum absolute atomic E-state index is 0.162. The van der Waals surface area contributed by atoms with Crippen molar-refractivity contribution in [1.29, 1.82) is 0 Å². The predicted octanol–water partition coefficient (Wildman–Crippen LogP) is 1.58. The van der Waals surface area contributed by atoms with Crippen LogP contribution >= 0.6 is 0 Å². The van der Waals surface area contributed by atoms with Crippen molar-refractivity contribution in [1.82, 2.24) is 0 Å². The molecule has 0 spiro atoms. The van der Waals surface area contributed by atoms with Crippen molar-refractivity contribution >= 4 is 0 Å².